The second kappa shape index (κ2) is 4.29. The van der Waals surface area contributed by atoms with Gasteiger partial charge in [-0.1, -0.05) is 6.92 Å². The van der Waals surface area contributed by atoms with Crippen LogP contribution in [0.4, 0.5) is 5.69 Å². The number of carboxylic acid groups (broad SMARTS) is 1. The van der Waals surface area contributed by atoms with E-state index in [4.69, 9.17) is 5.11 Å². The van der Waals surface area contributed by atoms with Gasteiger partial charge in [0.25, 0.3) is 0 Å². The number of aryl methyl sites for hydroxylation is 1. The SMILES string of the molecule is CCC(C)(Nc1ccnc(C)c1)C(=O)O. The second-order valence-corrected chi connectivity index (χ2v) is 3.80. The molecule has 1 unspecified atom stereocenters. The molecule has 2 N–H and O–H groups in total. The van der Waals surface area contributed by atoms with Gasteiger partial charge in [0.1, 0.15) is 5.54 Å². The number of rotatable bonds is 4. The number of anilines is 1. The van der Waals surface area contributed by atoms with Gasteiger partial charge in [0.2, 0.25) is 0 Å². The fourth-order valence-corrected chi connectivity index (χ4v) is 1.23. The summed E-state index contributed by atoms with van der Waals surface area (Å²) in [5.74, 6) is -0.848. The van der Waals surface area contributed by atoms with Crippen LogP contribution in [0.15, 0.2) is 18.3 Å². The lowest BCUT2D eigenvalue weighted by Gasteiger charge is -2.25. The molecule has 0 fully saturated rings. The van der Waals surface area contributed by atoms with E-state index >= 15 is 0 Å². The molecule has 0 spiro atoms. The molecule has 4 nitrogen and oxygen atoms in total. The fraction of sp³-hybridized carbons (Fsp3) is 0.455. The van der Waals surface area contributed by atoms with Crippen LogP contribution in [-0.4, -0.2) is 21.6 Å². The molecule has 15 heavy (non-hydrogen) atoms. The Hall–Kier alpha value is -1.58. The highest BCUT2D eigenvalue weighted by Crippen LogP contribution is 2.18. The molecule has 0 aromatic carbocycles. The summed E-state index contributed by atoms with van der Waals surface area (Å²) in [6, 6.07) is 3.60. The molecule has 0 saturated carbocycles. The van der Waals surface area contributed by atoms with Crippen LogP contribution in [0.5, 0.6) is 0 Å². The van der Waals surface area contributed by atoms with Crippen molar-refractivity contribution in [3.8, 4) is 0 Å². The van der Waals surface area contributed by atoms with Gasteiger partial charge in [0, 0.05) is 17.6 Å². The Balaban J connectivity index is 2.89. The normalized spacial score (nSPS) is 14.3. The summed E-state index contributed by atoms with van der Waals surface area (Å²) in [6.45, 7) is 5.38. The summed E-state index contributed by atoms with van der Waals surface area (Å²) in [5.41, 5.74) is 0.728. The second-order valence-electron chi connectivity index (χ2n) is 3.80. The third kappa shape index (κ3) is 2.68. The highest BCUT2D eigenvalue weighted by atomic mass is 16.4. The Labute approximate surface area is 89.3 Å². The van der Waals surface area contributed by atoms with E-state index in [1.807, 2.05) is 19.9 Å². The Morgan fingerprint density at radius 2 is 2.33 bits per heavy atom. The maximum absolute atomic E-state index is 11.1. The topological polar surface area (TPSA) is 62.2 Å². The van der Waals surface area contributed by atoms with E-state index < -0.39 is 11.5 Å². The van der Waals surface area contributed by atoms with E-state index in [-0.39, 0.29) is 0 Å². The van der Waals surface area contributed by atoms with Gasteiger partial charge in [-0.25, -0.2) is 4.79 Å². The summed E-state index contributed by atoms with van der Waals surface area (Å²) in [7, 11) is 0. The van der Waals surface area contributed by atoms with Gasteiger partial charge in [-0.15, -0.1) is 0 Å². The highest BCUT2D eigenvalue weighted by Gasteiger charge is 2.30. The van der Waals surface area contributed by atoms with Crippen LogP contribution in [0.2, 0.25) is 0 Å². The minimum absolute atomic E-state index is 0.518. The molecule has 1 heterocycles. The first-order chi connectivity index (χ1) is 6.98. The summed E-state index contributed by atoms with van der Waals surface area (Å²) in [6.07, 6.45) is 2.18. The standard InChI is InChI=1S/C11H16N2O2/c1-4-11(3,10(14)15)13-9-5-6-12-8(2)7-9/h5-7H,4H2,1-3H3,(H,12,13)(H,14,15). The van der Waals surface area contributed by atoms with E-state index in [2.05, 4.69) is 10.3 Å². The number of nitrogens with zero attached hydrogens (tertiary/aromatic N) is 1. The average Bonchev–Trinajstić information content (AvgIpc) is 2.17. The Bertz CT molecular complexity index is 365. The van der Waals surface area contributed by atoms with E-state index in [1.54, 1.807) is 19.2 Å². The molecule has 82 valence electrons. The minimum Gasteiger partial charge on any atom is -0.480 e. The molecule has 0 aliphatic carbocycles. The molecule has 0 radical (unpaired) electrons. The first kappa shape index (κ1) is 11.5. The Morgan fingerprint density at radius 1 is 1.67 bits per heavy atom. The van der Waals surface area contributed by atoms with Gasteiger partial charge >= 0.3 is 5.97 Å². The van der Waals surface area contributed by atoms with Crippen LogP contribution >= 0.6 is 0 Å². The zero-order valence-electron chi connectivity index (χ0n) is 9.24. The molecule has 0 aliphatic rings. The van der Waals surface area contributed by atoms with Crippen LogP contribution in [0, 0.1) is 6.92 Å². The Kier molecular flexibility index (Phi) is 3.29. The number of carboxylic acids is 1. The number of nitrogens with one attached hydrogen (secondary N) is 1. The van der Waals surface area contributed by atoms with Gasteiger partial charge in [0.05, 0.1) is 0 Å². The summed E-state index contributed by atoms with van der Waals surface area (Å²) in [5, 5.41) is 12.1. The van der Waals surface area contributed by atoms with E-state index in [0.29, 0.717) is 6.42 Å². The van der Waals surface area contributed by atoms with Crippen molar-refractivity contribution in [1.82, 2.24) is 4.98 Å². The summed E-state index contributed by atoms with van der Waals surface area (Å²) >= 11 is 0. The molecule has 0 aliphatic heterocycles. The molecular formula is C11H16N2O2. The molecule has 0 amide bonds. The predicted molar refractivity (Wildman–Crippen MR) is 58.9 cm³/mol. The zero-order chi connectivity index (χ0) is 11.5. The maximum Gasteiger partial charge on any atom is 0.329 e. The molecule has 1 aromatic rings. The lowest BCUT2D eigenvalue weighted by Crippen LogP contribution is -2.42. The molecule has 1 rings (SSSR count). The van der Waals surface area contributed by atoms with Crippen molar-refractivity contribution in [2.24, 2.45) is 0 Å². The van der Waals surface area contributed by atoms with Gasteiger partial charge in [0.15, 0.2) is 0 Å². The number of aromatic nitrogens is 1. The smallest absolute Gasteiger partial charge is 0.329 e. The van der Waals surface area contributed by atoms with Crippen LogP contribution in [-0.2, 0) is 4.79 Å². The molecule has 1 aromatic heterocycles. The van der Waals surface area contributed by atoms with Crippen molar-refractivity contribution in [2.75, 3.05) is 5.32 Å². The number of hydrogen-bond acceptors (Lipinski definition) is 3. The molecular weight excluding hydrogens is 192 g/mol. The molecule has 1 atom stereocenters. The summed E-state index contributed by atoms with van der Waals surface area (Å²) < 4.78 is 0. The average molecular weight is 208 g/mol. The molecule has 0 bridgehead atoms. The Morgan fingerprint density at radius 3 is 2.80 bits per heavy atom. The maximum atomic E-state index is 11.1. The van der Waals surface area contributed by atoms with Crippen molar-refractivity contribution in [1.29, 1.82) is 0 Å². The van der Waals surface area contributed by atoms with Gasteiger partial charge in [-0.3, -0.25) is 4.98 Å². The van der Waals surface area contributed by atoms with Gasteiger partial charge in [-0.2, -0.15) is 0 Å². The monoisotopic (exact) mass is 208 g/mol. The first-order valence-corrected chi connectivity index (χ1v) is 4.92. The quantitative estimate of drug-likeness (QED) is 0.795. The number of pyridine rings is 1. The number of carbonyl (C=O) groups is 1. The predicted octanol–water partition coefficient (Wildman–Crippen LogP) is 2.06. The van der Waals surface area contributed by atoms with E-state index in [0.717, 1.165) is 11.4 Å². The number of hydrogen-bond donors (Lipinski definition) is 2. The fourth-order valence-electron chi connectivity index (χ4n) is 1.23. The van der Waals surface area contributed by atoms with Crippen molar-refractivity contribution < 1.29 is 9.90 Å². The van der Waals surface area contributed by atoms with Crippen LogP contribution in [0.25, 0.3) is 0 Å². The van der Waals surface area contributed by atoms with E-state index in [1.165, 1.54) is 0 Å². The summed E-state index contributed by atoms with van der Waals surface area (Å²) in [4.78, 5) is 15.1. The first-order valence-electron chi connectivity index (χ1n) is 4.92. The van der Waals surface area contributed by atoms with Crippen molar-refractivity contribution in [3.63, 3.8) is 0 Å². The van der Waals surface area contributed by atoms with Gasteiger partial charge in [-0.05, 0) is 32.4 Å². The van der Waals surface area contributed by atoms with Crippen molar-refractivity contribution in [3.05, 3.63) is 24.0 Å². The third-order valence-electron chi connectivity index (χ3n) is 2.50. The molecule has 4 heteroatoms. The molecule has 0 saturated heterocycles. The lowest BCUT2D eigenvalue weighted by molar-refractivity contribution is -0.141. The highest BCUT2D eigenvalue weighted by molar-refractivity contribution is 5.82. The van der Waals surface area contributed by atoms with Crippen LogP contribution < -0.4 is 5.32 Å². The van der Waals surface area contributed by atoms with Crippen molar-refractivity contribution >= 4 is 11.7 Å². The van der Waals surface area contributed by atoms with Gasteiger partial charge < -0.3 is 10.4 Å². The van der Waals surface area contributed by atoms with Crippen LogP contribution in [0.3, 0.4) is 0 Å². The van der Waals surface area contributed by atoms with Crippen LogP contribution in [0.1, 0.15) is 26.0 Å². The zero-order valence-corrected chi connectivity index (χ0v) is 9.24. The van der Waals surface area contributed by atoms with E-state index in [9.17, 15) is 4.79 Å². The number of aliphatic carboxylic acids is 1. The largest absolute Gasteiger partial charge is 0.480 e. The lowest BCUT2D eigenvalue weighted by atomic mass is 9.99. The minimum atomic E-state index is -0.923. The third-order valence-corrected chi connectivity index (χ3v) is 2.50. The van der Waals surface area contributed by atoms with Crippen molar-refractivity contribution in [2.45, 2.75) is 32.7 Å².